The highest BCUT2D eigenvalue weighted by Gasteiger charge is 2.04. The molecule has 0 atom stereocenters. The number of rotatable bonds is 6. The molecule has 100 valence electrons. The minimum atomic E-state index is -3.03. The second-order valence-electron chi connectivity index (χ2n) is 3.87. The summed E-state index contributed by atoms with van der Waals surface area (Å²) < 4.78 is 34.5. The number of sulfone groups is 1. The van der Waals surface area contributed by atoms with Crippen LogP contribution in [0.3, 0.4) is 0 Å². The zero-order chi connectivity index (χ0) is 13.6. The van der Waals surface area contributed by atoms with E-state index in [0.29, 0.717) is 5.69 Å². The number of halogens is 1. The fourth-order valence-corrected chi connectivity index (χ4v) is 1.75. The lowest BCUT2D eigenvalue weighted by Crippen LogP contribution is -2.31. The number of carbonyl (C=O) groups excluding carboxylic acids is 1. The summed E-state index contributed by atoms with van der Waals surface area (Å²) in [6, 6.07) is 5.54. The highest BCUT2D eigenvalue weighted by molar-refractivity contribution is 7.90. The first-order valence-corrected chi connectivity index (χ1v) is 7.37. The molecule has 1 rings (SSSR count). The molecule has 0 fully saturated rings. The lowest BCUT2D eigenvalue weighted by atomic mass is 10.3. The molecule has 0 aliphatic heterocycles. The second kappa shape index (κ2) is 6.46. The van der Waals surface area contributed by atoms with Gasteiger partial charge in [-0.2, -0.15) is 0 Å². The van der Waals surface area contributed by atoms with Crippen molar-refractivity contribution in [2.75, 3.05) is 30.4 Å². The number of anilines is 1. The maximum atomic E-state index is 12.8. The van der Waals surface area contributed by atoms with Crippen LogP contribution in [0.4, 0.5) is 10.1 Å². The van der Waals surface area contributed by atoms with E-state index in [4.69, 9.17) is 0 Å². The Hall–Kier alpha value is -1.47. The zero-order valence-corrected chi connectivity index (χ0v) is 10.8. The SMILES string of the molecule is CS(=O)(=O)CCNCC(=O)Nc1cccc(F)c1. The third-order valence-corrected chi connectivity index (χ3v) is 2.99. The number of amides is 1. The van der Waals surface area contributed by atoms with Crippen molar-refractivity contribution in [1.82, 2.24) is 5.32 Å². The predicted octanol–water partition coefficient (Wildman–Crippen LogP) is 0.398. The Kier molecular flexibility index (Phi) is 5.24. The van der Waals surface area contributed by atoms with Gasteiger partial charge >= 0.3 is 0 Å². The summed E-state index contributed by atoms with van der Waals surface area (Å²) >= 11 is 0. The summed E-state index contributed by atoms with van der Waals surface area (Å²) in [6.45, 7) is 0.182. The molecular formula is C11H15FN2O3S. The molecule has 1 amide bonds. The molecule has 0 heterocycles. The molecule has 0 bridgehead atoms. The van der Waals surface area contributed by atoms with Crippen LogP contribution in [0.15, 0.2) is 24.3 Å². The molecule has 18 heavy (non-hydrogen) atoms. The molecule has 2 N–H and O–H groups in total. The molecule has 0 spiro atoms. The summed E-state index contributed by atoms with van der Waals surface area (Å²) in [5, 5.41) is 5.18. The van der Waals surface area contributed by atoms with Crippen LogP contribution < -0.4 is 10.6 Å². The van der Waals surface area contributed by atoms with Crippen LogP contribution >= 0.6 is 0 Å². The lowest BCUT2D eigenvalue weighted by molar-refractivity contribution is -0.115. The zero-order valence-electron chi connectivity index (χ0n) is 9.94. The van der Waals surface area contributed by atoms with E-state index in [0.717, 1.165) is 6.26 Å². The topological polar surface area (TPSA) is 75.3 Å². The molecule has 0 aliphatic carbocycles. The number of benzene rings is 1. The molecular weight excluding hydrogens is 259 g/mol. The number of hydrogen-bond acceptors (Lipinski definition) is 4. The summed E-state index contributed by atoms with van der Waals surface area (Å²) in [6.07, 6.45) is 1.13. The predicted molar refractivity (Wildman–Crippen MR) is 67.6 cm³/mol. The number of carbonyl (C=O) groups is 1. The van der Waals surface area contributed by atoms with E-state index in [2.05, 4.69) is 10.6 Å². The van der Waals surface area contributed by atoms with Crippen molar-refractivity contribution in [2.45, 2.75) is 0 Å². The van der Waals surface area contributed by atoms with E-state index in [1.54, 1.807) is 6.07 Å². The van der Waals surface area contributed by atoms with Crippen LogP contribution in [0.2, 0.25) is 0 Å². The molecule has 0 saturated carbocycles. The van der Waals surface area contributed by atoms with Gasteiger partial charge in [-0.15, -0.1) is 0 Å². The Balaban J connectivity index is 2.30. The Labute approximate surface area is 105 Å². The molecule has 7 heteroatoms. The smallest absolute Gasteiger partial charge is 0.238 e. The van der Waals surface area contributed by atoms with Crippen LogP contribution in [0.1, 0.15) is 0 Å². The largest absolute Gasteiger partial charge is 0.325 e. The first-order valence-electron chi connectivity index (χ1n) is 5.31. The third-order valence-electron chi connectivity index (χ3n) is 2.04. The third kappa shape index (κ3) is 6.31. The first kappa shape index (κ1) is 14.6. The maximum absolute atomic E-state index is 12.8. The van der Waals surface area contributed by atoms with Gasteiger partial charge in [-0.1, -0.05) is 6.07 Å². The lowest BCUT2D eigenvalue weighted by Gasteiger charge is -2.06. The van der Waals surface area contributed by atoms with Crippen LogP contribution in [0.5, 0.6) is 0 Å². The fourth-order valence-electron chi connectivity index (χ4n) is 1.23. The van der Waals surface area contributed by atoms with Crippen LogP contribution in [-0.2, 0) is 14.6 Å². The molecule has 5 nitrogen and oxygen atoms in total. The summed E-state index contributed by atoms with van der Waals surface area (Å²) in [5.41, 5.74) is 0.366. The summed E-state index contributed by atoms with van der Waals surface area (Å²) in [4.78, 5) is 11.4. The van der Waals surface area contributed by atoms with Gasteiger partial charge in [0.15, 0.2) is 0 Å². The van der Waals surface area contributed by atoms with Gasteiger partial charge < -0.3 is 10.6 Å². The average molecular weight is 274 g/mol. The van der Waals surface area contributed by atoms with Crippen LogP contribution in [0, 0.1) is 5.82 Å². The average Bonchev–Trinajstić information content (AvgIpc) is 2.23. The van der Waals surface area contributed by atoms with Gasteiger partial charge in [0.25, 0.3) is 0 Å². The van der Waals surface area contributed by atoms with Crippen LogP contribution in [0.25, 0.3) is 0 Å². The van der Waals surface area contributed by atoms with Crippen LogP contribution in [-0.4, -0.2) is 39.4 Å². The van der Waals surface area contributed by atoms with E-state index < -0.39 is 15.7 Å². The van der Waals surface area contributed by atoms with Gasteiger partial charge in [-0.05, 0) is 18.2 Å². The van der Waals surface area contributed by atoms with Crippen molar-refractivity contribution in [1.29, 1.82) is 0 Å². The molecule has 0 radical (unpaired) electrons. The molecule has 1 aromatic carbocycles. The number of nitrogens with one attached hydrogen (secondary N) is 2. The minimum Gasteiger partial charge on any atom is -0.325 e. The normalized spacial score (nSPS) is 11.2. The molecule has 0 unspecified atom stereocenters. The van der Waals surface area contributed by atoms with E-state index in [-0.39, 0.29) is 24.7 Å². The van der Waals surface area contributed by atoms with E-state index in [9.17, 15) is 17.6 Å². The Morgan fingerprint density at radius 1 is 1.39 bits per heavy atom. The van der Waals surface area contributed by atoms with Gasteiger partial charge in [0.1, 0.15) is 15.7 Å². The Morgan fingerprint density at radius 2 is 2.11 bits per heavy atom. The van der Waals surface area contributed by atoms with Crippen molar-refractivity contribution in [2.24, 2.45) is 0 Å². The van der Waals surface area contributed by atoms with Gasteiger partial charge in [-0.3, -0.25) is 4.79 Å². The Bertz CT molecular complexity index is 517. The highest BCUT2D eigenvalue weighted by Crippen LogP contribution is 2.08. The molecule has 1 aromatic rings. The van der Waals surface area contributed by atoms with E-state index in [1.165, 1.54) is 18.2 Å². The van der Waals surface area contributed by atoms with Gasteiger partial charge in [0.2, 0.25) is 5.91 Å². The molecule has 0 saturated heterocycles. The van der Waals surface area contributed by atoms with Gasteiger partial charge in [0, 0.05) is 18.5 Å². The standard InChI is InChI=1S/C11H15FN2O3S/c1-18(16,17)6-5-13-8-11(15)14-10-4-2-3-9(12)7-10/h2-4,7,13H,5-6,8H2,1H3,(H,14,15). The molecule has 0 aromatic heterocycles. The quantitative estimate of drug-likeness (QED) is 0.736. The monoisotopic (exact) mass is 274 g/mol. The Morgan fingerprint density at radius 3 is 2.72 bits per heavy atom. The van der Waals surface area contributed by atoms with Crippen molar-refractivity contribution in [3.8, 4) is 0 Å². The van der Waals surface area contributed by atoms with E-state index in [1.807, 2.05) is 0 Å². The maximum Gasteiger partial charge on any atom is 0.238 e. The molecule has 0 aliphatic rings. The number of hydrogen-bond donors (Lipinski definition) is 2. The second-order valence-corrected chi connectivity index (χ2v) is 6.12. The van der Waals surface area contributed by atoms with Crippen molar-refractivity contribution < 1.29 is 17.6 Å². The van der Waals surface area contributed by atoms with Crippen molar-refractivity contribution >= 4 is 21.4 Å². The minimum absolute atomic E-state index is 0.0218. The van der Waals surface area contributed by atoms with Crippen molar-refractivity contribution in [3.05, 3.63) is 30.1 Å². The summed E-state index contributed by atoms with van der Waals surface area (Å²) in [7, 11) is -3.03. The van der Waals surface area contributed by atoms with Gasteiger partial charge in [-0.25, -0.2) is 12.8 Å². The van der Waals surface area contributed by atoms with Crippen molar-refractivity contribution in [3.63, 3.8) is 0 Å². The summed E-state index contributed by atoms with van der Waals surface area (Å²) in [5.74, 6) is -0.813. The first-order chi connectivity index (χ1) is 8.37. The fraction of sp³-hybridized carbons (Fsp3) is 0.364. The van der Waals surface area contributed by atoms with E-state index >= 15 is 0 Å². The highest BCUT2D eigenvalue weighted by atomic mass is 32.2. The van der Waals surface area contributed by atoms with Gasteiger partial charge in [0.05, 0.1) is 12.3 Å².